The number of rotatable bonds is 3. The van der Waals surface area contributed by atoms with Crippen molar-refractivity contribution in [2.75, 3.05) is 5.32 Å². The van der Waals surface area contributed by atoms with Gasteiger partial charge in [0.05, 0.1) is 0 Å². The molecular formula is C14H14ClN5O. The zero-order chi connectivity index (χ0) is 15.0. The Balaban J connectivity index is 1.84. The van der Waals surface area contributed by atoms with Crippen molar-refractivity contribution < 1.29 is 4.79 Å². The summed E-state index contributed by atoms with van der Waals surface area (Å²) >= 11 is 6.09. The van der Waals surface area contributed by atoms with Crippen LogP contribution in [0.2, 0.25) is 5.02 Å². The summed E-state index contributed by atoms with van der Waals surface area (Å²) in [6.07, 6.45) is 0. The Kier molecular flexibility index (Phi) is 3.39. The molecule has 0 saturated heterocycles. The van der Waals surface area contributed by atoms with Crippen LogP contribution in [0.5, 0.6) is 0 Å². The Morgan fingerprint density at radius 1 is 1.38 bits per heavy atom. The second-order valence-electron chi connectivity index (χ2n) is 5.04. The highest BCUT2D eigenvalue weighted by atomic mass is 35.5. The van der Waals surface area contributed by atoms with E-state index in [9.17, 15) is 4.79 Å². The SMILES string of the molecule is CC(C)c1nc(NC(=O)c2cc3c(Cl)cccc3[nH]2)n[nH]1. The number of aromatic nitrogens is 4. The average Bonchev–Trinajstić information content (AvgIpc) is 3.05. The van der Waals surface area contributed by atoms with Crippen molar-refractivity contribution in [1.29, 1.82) is 0 Å². The predicted octanol–water partition coefficient (Wildman–Crippen LogP) is 3.32. The number of hydrogen-bond donors (Lipinski definition) is 3. The quantitative estimate of drug-likeness (QED) is 0.693. The van der Waals surface area contributed by atoms with Crippen LogP contribution in [0.15, 0.2) is 24.3 Å². The number of benzene rings is 1. The van der Waals surface area contributed by atoms with E-state index in [0.717, 1.165) is 16.7 Å². The second-order valence-corrected chi connectivity index (χ2v) is 5.44. The molecule has 0 bridgehead atoms. The van der Waals surface area contributed by atoms with Gasteiger partial charge in [-0.1, -0.05) is 31.5 Å². The van der Waals surface area contributed by atoms with E-state index >= 15 is 0 Å². The largest absolute Gasteiger partial charge is 0.350 e. The smallest absolute Gasteiger partial charge is 0.274 e. The van der Waals surface area contributed by atoms with Crippen LogP contribution in [-0.2, 0) is 0 Å². The van der Waals surface area contributed by atoms with Crippen LogP contribution in [0.1, 0.15) is 36.1 Å². The minimum Gasteiger partial charge on any atom is -0.350 e. The molecule has 2 heterocycles. The molecule has 7 heteroatoms. The van der Waals surface area contributed by atoms with Gasteiger partial charge in [-0.2, -0.15) is 4.98 Å². The fraction of sp³-hybridized carbons (Fsp3) is 0.214. The van der Waals surface area contributed by atoms with Gasteiger partial charge in [-0.25, -0.2) is 0 Å². The fourth-order valence-corrected chi connectivity index (χ4v) is 2.23. The third-order valence-corrected chi connectivity index (χ3v) is 3.46. The maximum absolute atomic E-state index is 12.2. The standard InChI is InChI=1S/C14H14ClN5O/c1-7(2)12-17-14(20-19-12)18-13(21)11-6-8-9(15)4-3-5-10(8)16-11/h3-7,16H,1-2H3,(H2,17,18,19,20,21). The molecule has 0 atom stereocenters. The lowest BCUT2D eigenvalue weighted by molar-refractivity contribution is 0.102. The van der Waals surface area contributed by atoms with Crippen molar-refractivity contribution in [2.45, 2.75) is 19.8 Å². The van der Waals surface area contributed by atoms with E-state index < -0.39 is 0 Å². The maximum atomic E-state index is 12.2. The maximum Gasteiger partial charge on any atom is 0.274 e. The van der Waals surface area contributed by atoms with Crippen LogP contribution >= 0.6 is 11.6 Å². The summed E-state index contributed by atoms with van der Waals surface area (Å²) in [5, 5.41) is 10.8. The second kappa shape index (κ2) is 5.21. The van der Waals surface area contributed by atoms with Gasteiger partial charge < -0.3 is 4.98 Å². The first-order chi connectivity index (χ1) is 10.0. The van der Waals surface area contributed by atoms with Crippen molar-refractivity contribution in [3.63, 3.8) is 0 Å². The number of carbonyl (C=O) groups is 1. The Morgan fingerprint density at radius 2 is 2.19 bits per heavy atom. The van der Waals surface area contributed by atoms with E-state index in [1.807, 2.05) is 26.0 Å². The van der Waals surface area contributed by atoms with Crippen molar-refractivity contribution >= 4 is 34.4 Å². The summed E-state index contributed by atoms with van der Waals surface area (Å²) in [5.41, 5.74) is 1.22. The first-order valence-corrected chi connectivity index (χ1v) is 6.93. The lowest BCUT2D eigenvalue weighted by atomic mass is 10.2. The van der Waals surface area contributed by atoms with E-state index in [4.69, 9.17) is 11.6 Å². The van der Waals surface area contributed by atoms with Crippen molar-refractivity contribution in [1.82, 2.24) is 20.2 Å². The number of nitrogens with zero attached hydrogens (tertiary/aromatic N) is 2. The van der Waals surface area contributed by atoms with Crippen molar-refractivity contribution in [3.8, 4) is 0 Å². The van der Waals surface area contributed by atoms with Gasteiger partial charge in [-0.05, 0) is 18.2 Å². The van der Waals surface area contributed by atoms with E-state index in [1.165, 1.54) is 0 Å². The van der Waals surface area contributed by atoms with E-state index in [-0.39, 0.29) is 17.8 Å². The zero-order valence-electron chi connectivity index (χ0n) is 11.6. The van der Waals surface area contributed by atoms with E-state index in [2.05, 4.69) is 25.5 Å². The van der Waals surface area contributed by atoms with E-state index in [1.54, 1.807) is 12.1 Å². The van der Waals surface area contributed by atoms with Gasteiger partial charge >= 0.3 is 0 Å². The number of anilines is 1. The Bertz CT molecular complexity index is 805. The third-order valence-electron chi connectivity index (χ3n) is 3.13. The van der Waals surface area contributed by atoms with Gasteiger partial charge in [0.1, 0.15) is 11.5 Å². The highest BCUT2D eigenvalue weighted by Crippen LogP contribution is 2.24. The van der Waals surface area contributed by atoms with Gasteiger partial charge in [0, 0.05) is 21.8 Å². The Morgan fingerprint density at radius 3 is 2.86 bits per heavy atom. The molecular weight excluding hydrogens is 290 g/mol. The molecule has 6 nitrogen and oxygen atoms in total. The molecule has 0 aliphatic heterocycles. The number of fused-ring (bicyclic) bond motifs is 1. The number of amides is 1. The van der Waals surface area contributed by atoms with Gasteiger partial charge in [0.25, 0.3) is 5.91 Å². The fourth-order valence-electron chi connectivity index (χ4n) is 2.00. The molecule has 21 heavy (non-hydrogen) atoms. The minimum atomic E-state index is -0.309. The van der Waals surface area contributed by atoms with Gasteiger partial charge in [-0.3, -0.25) is 15.2 Å². The molecule has 3 aromatic rings. The number of hydrogen-bond acceptors (Lipinski definition) is 3. The Hall–Kier alpha value is -2.34. The molecule has 1 amide bonds. The summed E-state index contributed by atoms with van der Waals surface area (Å²) in [4.78, 5) is 19.4. The summed E-state index contributed by atoms with van der Waals surface area (Å²) < 4.78 is 0. The molecule has 108 valence electrons. The minimum absolute atomic E-state index is 0.218. The van der Waals surface area contributed by atoms with Gasteiger partial charge in [0.15, 0.2) is 0 Å². The molecule has 0 aliphatic carbocycles. The van der Waals surface area contributed by atoms with Crippen LogP contribution in [0.4, 0.5) is 5.95 Å². The van der Waals surface area contributed by atoms with Crippen LogP contribution in [0.3, 0.4) is 0 Å². The normalized spacial score (nSPS) is 11.2. The molecule has 0 radical (unpaired) electrons. The third kappa shape index (κ3) is 2.62. The van der Waals surface area contributed by atoms with Crippen LogP contribution in [0, 0.1) is 0 Å². The molecule has 0 fully saturated rings. The zero-order valence-corrected chi connectivity index (χ0v) is 12.3. The number of halogens is 1. The van der Waals surface area contributed by atoms with Gasteiger partial charge in [-0.15, -0.1) is 5.10 Å². The molecule has 3 rings (SSSR count). The molecule has 3 N–H and O–H groups in total. The molecule has 0 aliphatic rings. The Labute approximate surface area is 125 Å². The number of H-pyrrole nitrogens is 2. The van der Waals surface area contributed by atoms with Crippen molar-refractivity contribution in [2.24, 2.45) is 0 Å². The molecule has 0 spiro atoms. The van der Waals surface area contributed by atoms with Gasteiger partial charge in [0.2, 0.25) is 5.95 Å². The summed E-state index contributed by atoms with van der Waals surface area (Å²) in [6, 6.07) is 7.18. The molecule has 0 unspecified atom stereocenters. The summed E-state index contributed by atoms with van der Waals surface area (Å²) in [7, 11) is 0. The van der Waals surface area contributed by atoms with E-state index in [0.29, 0.717) is 10.7 Å². The average molecular weight is 304 g/mol. The highest BCUT2D eigenvalue weighted by Gasteiger charge is 2.14. The summed E-state index contributed by atoms with van der Waals surface area (Å²) in [5.74, 6) is 0.894. The predicted molar refractivity (Wildman–Crippen MR) is 81.7 cm³/mol. The number of nitrogens with one attached hydrogen (secondary N) is 3. The van der Waals surface area contributed by atoms with Crippen LogP contribution in [0.25, 0.3) is 10.9 Å². The number of carbonyl (C=O) groups excluding carboxylic acids is 1. The highest BCUT2D eigenvalue weighted by molar-refractivity contribution is 6.35. The first kappa shape index (κ1) is 13.6. The topological polar surface area (TPSA) is 86.5 Å². The van der Waals surface area contributed by atoms with Crippen LogP contribution in [-0.4, -0.2) is 26.1 Å². The van der Waals surface area contributed by atoms with Crippen molar-refractivity contribution in [3.05, 3.63) is 40.8 Å². The molecule has 1 aromatic carbocycles. The summed E-state index contributed by atoms with van der Waals surface area (Å²) in [6.45, 7) is 3.98. The molecule has 0 saturated carbocycles. The number of aromatic amines is 2. The molecule has 2 aromatic heterocycles. The monoisotopic (exact) mass is 303 g/mol. The first-order valence-electron chi connectivity index (χ1n) is 6.55. The van der Waals surface area contributed by atoms with Crippen LogP contribution < -0.4 is 5.32 Å². The lowest BCUT2D eigenvalue weighted by Crippen LogP contribution is -2.13. The lowest BCUT2D eigenvalue weighted by Gasteiger charge is -1.98.